The van der Waals surface area contributed by atoms with Gasteiger partial charge in [-0.05, 0) is 175 Å². The van der Waals surface area contributed by atoms with Gasteiger partial charge in [0.2, 0.25) is 0 Å². The minimum absolute atomic E-state index is 0. The Hall–Kier alpha value is -5.79. The monoisotopic (exact) mass is 1070 g/mol. The molecule has 0 radical (unpaired) electrons. The number of aliphatic hydroxyl groups is 2. The number of hydrogen-bond acceptors (Lipinski definition) is 6. The summed E-state index contributed by atoms with van der Waals surface area (Å²) in [6.07, 6.45) is 16.0. The van der Waals surface area contributed by atoms with E-state index >= 15 is 0 Å². The van der Waals surface area contributed by atoms with Gasteiger partial charge < -0.3 is 10.2 Å². The second-order valence-electron chi connectivity index (χ2n) is 20.2. The fourth-order valence-corrected chi connectivity index (χ4v) is 10.5. The van der Waals surface area contributed by atoms with Crippen LogP contribution in [-0.2, 0) is 36.4 Å². The van der Waals surface area contributed by atoms with E-state index in [9.17, 15) is 19.0 Å². The van der Waals surface area contributed by atoms with E-state index in [1.807, 2.05) is 65.0 Å². The summed E-state index contributed by atoms with van der Waals surface area (Å²) in [5.74, 6) is -0.403. The van der Waals surface area contributed by atoms with Crippen LogP contribution >= 0.6 is 0 Å². The maximum atomic E-state index is 14.5. The van der Waals surface area contributed by atoms with Crippen LogP contribution < -0.4 is 29.6 Å². The molecule has 0 amide bonds. The van der Waals surface area contributed by atoms with Crippen LogP contribution in [0.2, 0.25) is 0 Å². The van der Waals surface area contributed by atoms with Gasteiger partial charge in [0.1, 0.15) is 5.82 Å². The van der Waals surface area contributed by atoms with Gasteiger partial charge in [0.05, 0.1) is 11.2 Å². The summed E-state index contributed by atoms with van der Waals surface area (Å²) < 4.78 is 28.6. The van der Waals surface area contributed by atoms with Crippen molar-refractivity contribution in [2.45, 2.75) is 170 Å². The number of aryl methyl sites for hydroxylation is 5. The number of benzene rings is 6. The van der Waals surface area contributed by atoms with Gasteiger partial charge in [-0.15, -0.1) is 6.07 Å². The van der Waals surface area contributed by atoms with Crippen LogP contribution in [0.1, 0.15) is 180 Å². The first-order chi connectivity index (χ1) is 36.6. The van der Waals surface area contributed by atoms with Crippen molar-refractivity contribution in [3.05, 3.63) is 207 Å². The molecule has 2 N–H and O–H groups in total. The van der Waals surface area contributed by atoms with Crippen molar-refractivity contribution < 1.29 is 67.7 Å². The van der Waals surface area contributed by atoms with Crippen LogP contribution in [0.4, 0.5) is 8.78 Å². The van der Waals surface area contributed by atoms with Gasteiger partial charge in [-0.2, -0.15) is 37.7 Å². The van der Waals surface area contributed by atoms with Crippen LogP contribution in [0.15, 0.2) is 121 Å². The third-order valence-electron chi connectivity index (χ3n) is 16.3. The van der Waals surface area contributed by atoms with Crippen LogP contribution in [-0.4, -0.2) is 33.7 Å². The molecule has 0 spiro atoms. The van der Waals surface area contributed by atoms with Gasteiger partial charge >= 0.3 is 41.9 Å². The molecular formula is C69H83F2NaO6. The predicted octanol–water partition coefficient (Wildman–Crippen LogP) is 14.1. The average Bonchev–Trinajstić information content (AvgIpc) is 3.42. The molecule has 0 aliphatic carbocycles. The molecule has 410 valence electrons. The molecule has 0 saturated heterocycles. The summed E-state index contributed by atoms with van der Waals surface area (Å²) in [6, 6.07) is 37.6. The molecule has 6 rings (SSSR count). The molecule has 0 saturated carbocycles. The quantitative estimate of drug-likeness (QED) is 0.0618. The van der Waals surface area contributed by atoms with Crippen LogP contribution in [0.5, 0.6) is 0 Å². The molecule has 6 aromatic rings. The van der Waals surface area contributed by atoms with E-state index < -0.39 is 11.2 Å². The molecule has 0 atom stereocenters. The predicted molar refractivity (Wildman–Crippen MR) is 311 cm³/mol. The van der Waals surface area contributed by atoms with Crippen LogP contribution in [0.3, 0.4) is 0 Å². The second-order valence-corrected chi connectivity index (χ2v) is 20.2. The summed E-state index contributed by atoms with van der Waals surface area (Å²) >= 11 is 0. The number of carbonyl (C=O) groups excluding carboxylic acids is 4. The van der Waals surface area contributed by atoms with Crippen LogP contribution in [0.25, 0.3) is 34.4 Å². The molecule has 6 nitrogen and oxygen atoms in total. The number of hydrogen-bond donors (Lipinski definition) is 2. The summed E-state index contributed by atoms with van der Waals surface area (Å²) in [5.41, 5.74) is 15.6. The molecule has 0 bridgehead atoms. The largest absolute Gasteiger partial charge is 1.00 e. The fraction of sp³-hybridized carbons (Fsp3) is 0.377. The maximum Gasteiger partial charge on any atom is 1.00 e. The van der Waals surface area contributed by atoms with Gasteiger partial charge in [-0.25, -0.2) is 4.39 Å². The molecule has 6 aromatic carbocycles. The van der Waals surface area contributed by atoms with E-state index in [2.05, 4.69) is 147 Å². The Morgan fingerprint density at radius 1 is 0.449 bits per heavy atom. The first-order valence-electron chi connectivity index (χ1n) is 27.3. The minimum atomic E-state index is -0.752. The van der Waals surface area contributed by atoms with E-state index in [4.69, 9.17) is 19.2 Å². The molecule has 0 aromatic heterocycles. The Morgan fingerprint density at radius 3 is 1.05 bits per heavy atom. The zero-order chi connectivity index (χ0) is 57.7. The number of halogens is 2. The molecular weight excluding hydrogens is 986 g/mol. The third kappa shape index (κ3) is 16.6. The van der Waals surface area contributed by atoms with Gasteiger partial charge in [0.15, 0.2) is 0 Å². The maximum absolute atomic E-state index is 14.5. The molecule has 0 aliphatic rings. The van der Waals surface area contributed by atoms with E-state index in [0.717, 1.165) is 75.8 Å². The third-order valence-corrected chi connectivity index (χ3v) is 16.3. The van der Waals surface area contributed by atoms with Gasteiger partial charge in [0, 0.05) is 16.6 Å². The Morgan fingerprint density at radius 2 is 0.769 bits per heavy atom. The Labute approximate surface area is 487 Å². The minimum Gasteiger partial charge on any atom is -0.386 e. The zero-order valence-electron chi connectivity index (χ0n) is 49.1. The van der Waals surface area contributed by atoms with Crippen molar-refractivity contribution in [1.82, 2.24) is 0 Å². The Balaban J connectivity index is 0.000000479. The molecule has 78 heavy (non-hydrogen) atoms. The molecule has 0 fully saturated rings. The van der Waals surface area contributed by atoms with Crippen LogP contribution in [0, 0.1) is 46.3 Å². The zero-order valence-corrected chi connectivity index (χ0v) is 51.1. The van der Waals surface area contributed by atoms with E-state index in [0.29, 0.717) is 37.7 Å². The van der Waals surface area contributed by atoms with Crippen molar-refractivity contribution in [2.24, 2.45) is 0 Å². The second kappa shape index (κ2) is 31.7. The van der Waals surface area contributed by atoms with E-state index in [1.54, 1.807) is 18.2 Å². The molecule has 0 heterocycles. The van der Waals surface area contributed by atoms with Crippen molar-refractivity contribution in [1.29, 1.82) is 0 Å². The van der Waals surface area contributed by atoms with Gasteiger partial charge in [0.25, 0.3) is 0 Å². The first-order valence-corrected chi connectivity index (χ1v) is 27.3. The van der Waals surface area contributed by atoms with Gasteiger partial charge in [-0.1, -0.05) is 178 Å². The SMILES string of the molecule is CCc1ccc(-c2ccc(C(CC)(CC)c3ccc(/C=C/C(O)(CC)CC)c(C)c3)cc2C)cc1F.O=C=O.O=C=O.[CH2-]c1ccc(-c2ccc(C(CC)(CC)c3ccc(/C=C/C(O)(CC)CC)c(C)c3)cc2C)cc1F.[Na+]. The van der Waals surface area contributed by atoms with Crippen molar-refractivity contribution >= 4 is 24.5 Å². The standard InChI is InChI=1S/C34H43FO.C33H40FO.2CO2.Na/c1-8-26-13-14-28(23-32(26)35)31-18-17-30(22-25(31)7)34(11-4,12-5)29-16-15-27(24(6)21-29)19-20-33(36,9-2)10-3;1-8-32(35,9-2)19-18-26-14-15-28(20-24(26)6)33(10-3,11-4)29-16-17-30(25(7)21-29)27-13-12-23(5)31(34)22-27;2*2-1-3;/h13-23,36H,8-12H2,1-7H3;12-22,35H,5,8-11H2,1-4,6-7H3;;;/q;-1;;;+1/b20-19+;19-18+;;;. The van der Waals surface area contributed by atoms with Gasteiger partial charge in [-0.3, -0.25) is 4.39 Å². The van der Waals surface area contributed by atoms with E-state index in [-0.39, 0.29) is 64.3 Å². The molecule has 9 heteroatoms. The summed E-state index contributed by atoms with van der Waals surface area (Å²) in [4.78, 5) is 32.5. The van der Waals surface area contributed by atoms with E-state index in [1.165, 1.54) is 33.4 Å². The summed E-state index contributed by atoms with van der Waals surface area (Å²) in [5, 5.41) is 21.3. The average molecular weight is 1070 g/mol. The fourth-order valence-electron chi connectivity index (χ4n) is 10.5. The topological polar surface area (TPSA) is 109 Å². The summed E-state index contributed by atoms with van der Waals surface area (Å²) in [7, 11) is 0. The summed E-state index contributed by atoms with van der Waals surface area (Å²) in [6.45, 7) is 31.3. The smallest absolute Gasteiger partial charge is 0.386 e. The number of rotatable bonds is 19. The normalized spacial score (nSPS) is 11.6. The van der Waals surface area contributed by atoms with Crippen molar-refractivity contribution in [2.75, 3.05) is 0 Å². The molecule has 0 aliphatic heterocycles. The first kappa shape index (κ1) is 68.3. The molecule has 0 unspecified atom stereocenters. The van der Waals surface area contributed by atoms with Crippen molar-refractivity contribution in [3.63, 3.8) is 0 Å². The van der Waals surface area contributed by atoms with Crippen molar-refractivity contribution in [3.8, 4) is 22.3 Å². The Bertz CT molecular complexity index is 3000. The Kier molecular flexibility index (Phi) is 27.8.